The fourth-order valence-electron chi connectivity index (χ4n) is 4.74. The molecule has 2 aliphatic rings. The van der Waals surface area contributed by atoms with Crippen molar-refractivity contribution in [2.24, 2.45) is 0 Å². The fraction of sp³-hybridized carbons (Fsp3) is 0.250. The molecule has 2 aromatic heterocycles. The summed E-state index contributed by atoms with van der Waals surface area (Å²) in [4.78, 5) is 48.4. The van der Waals surface area contributed by atoms with E-state index in [2.05, 4.69) is 47.9 Å². The van der Waals surface area contributed by atoms with Crippen LogP contribution in [0.4, 0.5) is 65.8 Å². The van der Waals surface area contributed by atoms with Crippen LogP contribution in [0.2, 0.25) is 5.02 Å². The Morgan fingerprint density at radius 2 is 1.44 bits per heavy atom. The van der Waals surface area contributed by atoms with Gasteiger partial charge in [0, 0.05) is 49.4 Å². The standard InChI is InChI=1S/C28H27ClN8O.2C2HF3O2/c29-23-18-31-27-33-21-5-3-4-19(16-21)7-8-20-17-22(32-26(23)35-27)9-10-24(20)34-28(38)37-14-12-36(13-15-37)25-6-1-2-11-30-25;2*3-2(4,5)1(6)7/h1-6,9-11,16-18H,7-8,12-15H2,(H,34,38)(H2,31,32,33,35);2*(H,6,7). The minimum absolute atomic E-state index is 0.0970. The number of aliphatic carboxylic acids is 2. The molecular formula is C32H29ClF6N8O5. The van der Waals surface area contributed by atoms with Crippen LogP contribution >= 0.6 is 11.6 Å². The van der Waals surface area contributed by atoms with E-state index in [1.165, 1.54) is 5.56 Å². The number of amides is 2. The Morgan fingerprint density at radius 3 is 2.06 bits per heavy atom. The van der Waals surface area contributed by atoms with Crippen molar-refractivity contribution in [3.63, 3.8) is 0 Å². The third kappa shape index (κ3) is 11.3. The van der Waals surface area contributed by atoms with Gasteiger partial charge in [0.2, 0.25) is 5.95 Å². The molecule has 0 saturated carbocycles. The molecule has 1 saturated heterocycles. The number of aromatic nitrogens is 3. The summed E-state index contributed by atoms with van der Waals surface area (Å²) >= 11 is 6.38. The number of piperazine rings is 1. The highest BCUT2D eigenvalue weighted by molar-refractivity contribution is 6.32. The number of carboxylic acids is 2. The van der Waals surface area contributed by atoms with Crippen molar-refractivity contribution < 1.29 is 50.9 Å². The van der Waals surface area contributed by atoms with E-state index in [0.29, 0.717) is 29.9 Å². The lowest BCUT2D eigenvalue weighted by atomic mass is 10.0. The summed E-state index contributed by atoms with van der Waals surface area (Å²) in [5.41, 5.74) is 4.73. The van der Waals surface area contributed by atoms with Gasteiger partial charge in [-0.25, -0.2) is 24.4 Å². The third-order valence-electron chi connectivity index (χ3n) is 7.24. The molecule has 20 heteroatoms. The quantitative estimate of drug-likeness (QED) is 0.137. The Bertz CT molecular complexity index is 1850. The normalized spacial score (nSPS) is 13.8. The zero-order valence-corrected chi connectivity index (χ0v) is 27.4. The summed E-state index contributed by atoms with van der Waals surface area (Å²) in [6.45, 7) is 2.75. The van der Waals surface area contributed by atoms with Gasteiger partial charge in [0.05, 0.1) is 6.20 Å². The topological polar surface area (TPSA) is 173 Å². The lowest BCUT2D eigenvalue weighted by Gasteiger charge is -2.35. The van der Waals surface area contributed by atoms with Crippen LogP contribution in [-0.2, 0) is 22.4 Å². The number of urea groups is 1. The number of fused-ring (bicyclic) bond motifs is 6. The first kappa shape index (κ1) is 38.9. The number of hydrogen-bond acceptors (Lipinski definition) is 9. The molecule has 2 aliphatic heterocycles. The van der Waals surface area contributed by atoms with Gasteiger partial charge in [0.25, 0.3) is 0 Å². The van der Waals surface area contributed by atoms with E-state index in [1.54, 1.807) is 12.4 Å². The smallest absolute Gasteiger partial charge is 0.475 e. The molecule has 2 amide bonds. The molecule has 6 bridgehead atoms. The zero-order valence-electron chi connectivity index (χ0n) is 26.7. The molecule has 2 aromatic carbocycles. The predicted octanol–water partition coefficient (Wildman–Crippen LogP) is 6.73. The number of rotatable bonds is 2. The predicted molar refractivity (Wildman–Crippen MR) is 178 cm³/mol. The number of aryl methyl sites for hydroxylation is 2. The largest absolute Gasteiger partial charge is 0.490 e. The van der Waals surface area contributed by atoms with Crippen molar-refractivity contribution in [1.82, 2.24) is 19.9 Å². The fourth-order valence-corrected chi connectivity index (χ4v) is 4.88. The van der Waals surface area contributed by atoms with Crippen molar-refractivity contribution in [1.29, 1.82) is 0 Å². The van der Waals surface area contributed by atoms with E-state index in [-0.39, 0.29) is 6.03 Å². The third-order valence-corrected chi connectivity index (χ3v) is 7.52. The zero-order chi connectivity index (χ0) is 38.1. The first-order valence-corrected chi connectivity index (χ1v) is 15.5. The van der Waals surface area contributed by atoms with Crippen LogP contribution in [0.1, 0.15) is 11.1 Å². The van der Waals surface area contributed by atoms with E-state index in [9.17, 15) is 31.1 Å². The Morgan fingerprint density at radius 1 is 0.788 bits per heavy atom. The van der Waals surface area contributed by atoms with Crippen molar-refractivity contribution in [3.05, 3.63) is 89.2 Å². The van der Waals surface area contributed by atoms with Crippen LogP contribution in [0.15, 0.2) is 73.1 Å². The molecule has 276 valence electrons. The van der Waals surface area contributed by atoms with Gasteiger partial charge in [-0.3, -0.25) is 0 Å². The summed E-state index contributed by atoms with van der Waals surface area (Å²) in [6, 6.07) is 19.9. The summed E-state index contributed by atoms with van der Waals surface area (Å²) in [5, 5.41) is 24.4. The average Bonchev–Trinajstić information content (AvgIpc) is 3.10. The monoisotopic (exact) mass is 754 g/mol. The highest BCUT2D eigenvalue weighted by Gasteiger charge is 2.39. The maximum absolute atomic E-state index is 13.2. The van der Waals surface area contributed by atoms with E-state index in [1.807, 2.05) is 53.4 Å². The average molecular weight is 755 g/mol. The van der Waals surface area contributed by atoms with Crippen molar-refractivity contribution in [2.75, 3.05) is 47.0 Å². The summed E-state index contributed by atoms with van der Waals surface area (Å²) in [5.74, 6) is -3.61. The van der Waals surface area contributed by atoms with Gasteiger partial charge < -0.3 is 36.0 Å². The molecule has 0 atom stereocenters. The van der Waals surface area contributed by atoms with Crippen LogP contribution in [-0.4, -0.2) is 86.6 Å². The van der Waals surface area contributed by atoms with Crippen molar-refractivity contribution in [3.8, 4) is 0 Å². The number of benzene rings is 2. The highest BCUT2D eigenvalue weighted by Crippen LogP contribution is 2.30. The highest BCUT2D eigenvalue weighted by atomic mass is 35.5. The first-order chi connectivity index (χ1) is 24.5. The molecule has 0 spiro atoms. The van der Waals surface area contributed by atoms with E-state index in [4.69, 9.17) is 31.4 Å². The number of pyridine rings is 1. The second kappa shape index (κ2) is 16.9. The van der Waals surface area contributed by atoms with E-state index >= 15 is 0 Å². The minimum Gasteiger partial charge on any atom is -0.475 e. The van der Waals surface area contributed by atoms with Crippen LogP contribution in [0, 0.1) is 0 Å². The molecule has 5 N–H and O–H groups in total. The lowest BCUT2D eigenvalue weighted by Crippen LogP contribution is -2.50. The van der Waals surface area contributed by atoms with Gasteiger partial charge in [-0.1, -0.05) is 29.8 Å². The molecule has 0 aliphatic carbocycles. The number of carbonyl (C=O) groups excluding carboxylic acids is 1. The van der Waals surface area contributed by atoms with Crippen molar-refractivity contribution >= 4 is 64.2 Å². The number of nitrogens with zero attached hydrogens (tertiary/aromatic N) is 5. The number of carbonyl (C=O) groups is 3. The second-order valence-corrected chi connectivity index (χ2v) is 11.3. The van der Waals surface area contributed by atoms with Crippen LogP contribution in [0.25, 0.3) is 0 Å². The molecule has 1 fully saturated rings. The minimum atomic E-state index is -5.08. The van der Waals surface area contributed by atoms with E-state index in [0.717, 1.165) is 54.4 Å². The SMILES string of the molecule is O=C(Nc1ccc2cc1CCc1cccc(c1)Nc1ncc(Cl)c(n1)N2)N1CCN(c2ccccn2)CC1.O=C(O)C(F)(F)F.O=C(O)C(F)(F)F. The number of hydrogen-bond donors (Lipinski definition) is 5. The van der Waals surface area contributed by atoms with Gasteiger partial charge in [0.15, 0.2) is 5.82 Å². The summed E-state index contributed by atoms with van der Waals surface area (Å²) in [7, 11) is 0. The number of alkyl halides is 6. The molecule has 0 radical (unpaired) electrons. The van der Waals surface area contributed by atoms with E-state index < -0.39 is 24.3 Å². The number of nitrogens with one attached hydrogen (secondary N) is 3. The second-order valence-electron chi connectivity index (χ2n) is 10.9. The lowest BCUT2D eigenvalue weighted by molar-refractivity contribution is -0.193. The molecule has 4 heterocycles. The van der Waals surface area contributed by atoms with Crippen LogP contribution in [0.5, 0.6) is 0 Å². The molecule has 0 unspecified atom stereocenters. The number of anilines is 6. The van der Waals surface area contributed by atoms with Gasteiger partial charge in [-0.05, 0) is 66.4 Å². The van der Waals surface area contributed by atoms with Crippen LogP contribution < -0.4 is 20.9 Å². The Kier molecular flexibility index (Phi) is 12.7. The Balaban J connectivity index is 0.000000367. The Hall–Kier alpha value is -5.85. The molecule has 6 rings (SSSR count). The maximum atomic E-state index is 13.2. The number of carboxylic acid groups (broad SMARTS) is 2. The Labute approximate surface area is 296 Å². The molecule has 13 nitrogen and oxygen atoms in total. The van der Waals surface area contributed by atoms with Gasteiger partial charge >= 0.3 is 30.3 Å². The maximum Gasteiger partial charge on any atom is 0.490 e. The van der Waals surface area contributed by atoms with Gasteiger partial charge in [-0.15, -0.1) is 0 Å². The molecule has 4 aromatic rings. The van der Waals surface area contributed by atoms with Crippen molar-refractivity contribution in [2.45, 2.75) is 25.2 Å². The van der Waals surface area contributed by atoms with Gasteiger partial charge in [-0.2, -0.15) is 31.3 Å². The van der Waals surface area contributed by atoms with Crippen LogP contribution in [0.3, 0.4) is 0 Å². The first-order valence-electron chi connectivity index (χ1n) is 15.1. The van der Waals surface area contributed by atoms with Gasteiger partial charge in [0.1, 0.15) is 10.8 Å². The molecular weight excluding hydrogens is 726 g/mol. The summed E-state index contributed by atoms with van der Waals surface area (Å²) < 4.78 is 63.5. The molecule has 52 heavy (non-hydrogen) atoms. The number of halogens is 7. The summed E-state index contributed by atoms with van der Waals surface area (Å²) in [6.07, 6.45) is -5.24.